The number of hydrogen-bond donors (Lipinski definition) is 2. The monoisotopic (exact) mass is 265 g/mol. The molecule has 2 N–H and O–H groups in total. The Morgan fingerprint density at radius 3 is 2.78 bits per heavy atom. The number of carboxylic acids is 1. The summed E-state index contributed by atoms with van der Waals surface area (Å²) in [5, 5.41) is 13.6. The lowest BCUT2D eigenvalue weighted by atomic mass is 10.1. The van der Waals surface area contributed by atoms with E-state index in [1.54, 1.807) is 17.4 Å². The number of aryl methyl sites for hydroxylation is 1. The zero-order valence-electron chi connectivity index (χ0n) is 10.1. The lowest BCUT2D eigenvalue weighted by Crippen LogP contribution is -2.33. The van der Waals surface area contributed by atoms with Crippen molar-refractivity contribution in [2.24, 2.45) is 5.41 Å². The molecule has 1 saturated carbocycles. The van der Waals surface area contributed by atoms with Crippen molar-refractivity contribution in [3.05, 3.63) is 28.0 Å². The van der Waals surface area contributed by atoms with Crippen LogP contribution in [0.2, 0.25) is 0 Å². The van der Waals surface area contributed by atoms with E-state index in [2.05, 4.69) is 5.32 Å². The van der Waals surface area contributed by atoms with Gasteiger partial charge in [0.1, 0.15) is 0 Å². The Morgan fingerprint density at radius 1 is 1.56 bits per heavy atom. The van der Waals surface area contributed by atoms with Crippen LogP contribution in [-0.4, -0.2) is 23.5 Å². The third-order valence-corrected chi connectivity index (χ3v) is 4.18. The maximum Gasteiger partial charge on any atom is 0.311 e. The van der Waals surface area contributed by atoms with Crippen LogP contribution in [-0.2, 0) is 9.59 Å². The van der Waals surface area contributed by atoms with Crippen molar-refractivity contribution in [2.45, 2.75) is 19.8 Å². The molecule has 0 radical (unpaired) electrons. The molecule has 5 heteroatoms. The zero-order valence-corrected chi connectivity index (χ0v) is 10.9. The molecule has 1 aromatic rings. The van der Waals surface area contributed by atoms with Crippen molar-refractivity contribution in [1.29, 1.82) is 0 Å². The predicted octanol–water partition coefficient (Wildman–Crippen LogP) is 2.05. The summed E-state index contributed by atoms with van der Waals surface area (Å²) < 4.78 is 0. The third-order valence-electron chi connectivity index (χ3n) is 3.20. The van der Waals surface area contributed by atoms with E-state index >= 15 is 0 Å². The minimum absolute atomic E-state index is 0.217. The molecule has 0 atom stereocenters. The summed E-state index contributed by atoms with van der Waals surface area (Å²) in [6.07, 6.45) is 4.51. The molecule has 0 aromatic carbocycles. The van der Waals surface area contributed by atoms with E-state index in [0.717, 1.165) is 10.4 Å². The highest BCUT2D eigenvalue weighted by Gasteiger charge is 2.50. The molecule has 1 aromatic heterocycles. The molecule has 0 saturated heterocycles. The predicted molar refractivity (Wildman–Crippen MR) is 70.4 cm³/mol. The largest absolute Gasteiger partial charge is 0.481 e. The first-order valence-electron chi connectivity index (χ1n) is 5.77. The van der Waals surface area contributed by atoms with Crippen molar-refractivity contribution >= 4 is 29.3 Å². The van der Waals surface area contributed by atoms with Crippen LogP contribution in [0.1, 0.15) is 23.3 Å². The Kier molecular flexibility index (Phi) is 3.52. The number of hydrogen-bond acceptors (Lipinski definition) is 3. The van der Waals surface area contributed by atoms with Crippen LogP contribution in [0.15, 0.2) is 17.5 Å². The van der Waals surface area contributed by atoms with E-state index in [-0.39, 0.29) is 12.5 Å². The van der Waals surface area contributed by atoms with Gasteiger partial charge in [-0.1, -0.05) is 0 Å². The van der Waals surface area contributed by atoms with Gasteiger partial charge < -0.3 is 10.4 Å². The average Bonchev–Trinajstić information content (AvgIpc) is 3.02. The topological polar surface area (TPSA) is 66.4 Å². The number of carbonyl (C=O) groups is 2. The van der Waals surface area contributed by atoms with E-state index in [1.165, 1.54) is 6.08 Å². The Hall–Kier alpha value is -1.62. The molecule has 0 aliphatic heterocycles. The number of thiophene rings is 1. The van der Waals surface area contributed by atoms with Gasteiger partial charge in [0, 0.05) is 17.5 Å². The quantitative estimate of drug-likeness (QED) is 0.801. The lowest BCUT2D eigenvalue weighted by molar-refractivity contribution is -0.143. The molecule has 4 nitrogen and oxygen atoms in total. The van der Waals surface area contributed by atoms with Gasteiger partial charge in [-0.15, -0.1) is 11.3 Å². The molecule has 1 heterocycles. The van der Waals surface area contributed by atoms with Crippen LogP contribution >= 0.6 is 11.3 Å². The van der Waals surface area contributed by atoms with Crippen LogP contribution in [0, 0.1) is 12.3 Å². The summed E-state index contributed by atoms with van der Waals surface area (Å²) >= 11 is 1.57. The minimum Gasteiger partial charge on any atom is -0.481 e. The molecule has 0 unspecified atom stereocenters. The fraction of sp³-hybridized carbons (Fsp3) is 0.385. The highest BCUT2D eigenvalue weighted by molar-refractivity contribution is 7.11. The summed E-state index contributed by atoms with van der Waals surface area (Å²) in [6, 6.07) is 1.99. The van der Waals surface area contributed by atoms with E-state index in [4.69, 9.17) is 5.11 Å². The maximum atomic E-state index is 11.6. The standard InChI is InChI=1S/C13H15NO3S/c1-9-4-7-18-10(9)2-3-11(15)14-8-13(5-6-13)12(16)17/h2-4,7H,5-6,8H2,1H3,(H,14,15)(H,16,17)/b3-2+. The fourth-order valence-electron chi connectivity index (χ4n) is 1.64. The van der Waals surface area contributed by atoms with Gasteiger partial charge in [0.25, 0.3) is 0 Å². The van der Waals surface area contributed by atoms with E-state index in [9.17, 15) is 9.59 Å². The second-order valence-electron chi connectivity index (χ2n) is 4.60. The molecule has 1 amide bonds. The summed E-state index contributed by atoms with van der Waals surface area (Å²) in [4.78, 5) is 23.5. The Balaban J connectivity index is 1.85. The molecule has 1 aliphatic carbocycles. The first-order valence-corrected chi connectivity index (χ1v) is 6.65. The molecule has 1 fully saturated rings. The fourth-order valence-corrected chi connectivity index (χ4v) is 2.46. The van der Waals surface area contributed by atoms with Crippen LogP contribution in [0.3, 0.4) is 0 Å². The minimum atomic E-state index is -0.819. The van der Waals surface area contributed by atoms with Gasteiger partial charge in [0.2, 0.25) is 5.91 Å². The molecule has 18 heavy (non-hydrogen) atoms. The Morgan fingerprint density at radius 2 is 2.28 bits per heavy atom. The van der Waals surface area contributed by atoms with Crippen molar-refractivity contribution in [1.82, 2.24) is 5.32 Å². The van der Waals surface area contributed by atoms with Gasteiger partial charge in [-0.3, -0.25) is 9.59 Å². The maximum absolute atomic E-state index is 11.6. The van der Waals surface area contributed by atoms with Crippen LogP contribution in [0.4, 0.5) is 0 Å². The van der Waals surface area contributed by atoms with Gasteiger partial charge in [0.15, 0.2) is 0 Å². The molecule has 96 valence electrons. The molecular formula is C13H15NO3S. The van der Waals surface area contributed by atoms with Crippen molar-refractivity contribution < 1.29 is 14.7 Å². The zero-order chi connectivity index (χ0) is 13.2. The molecule has 0 spiro atoms. The summed E-state index contributed by atoms with van der Waals surface area (Å²) in [5.74, 6) is -1.06. The van der Waals surface area contributed by atoms with Gasteiger partial charge in [-0.2, -0.15) is 0 Å². The molecule has 0 bridgehead atoms. The first kappa shape index (κ1) is 12.8. The van der Waals surface area contributed by atoms with Crippen molar-refractivity contribution in [3.8, 4) is 0 Å². The molecular weight excluding hydrogens is 250 g/mol. The number of aliphatic carboxylic acids is 1. The van der Waals surface area contributed by atoms with Gasteiger partial charge >= 0.3 is 5.97 Å². The second kappa shape index (κ2) is 4.94. The number of carboxylic acid groups (broad SMARTS) is 1. The van der Waals surface area contributed by atoms with Crippen molar-refractivity contribution in [3.63, 3.8) is 0 Å². The molecule has 2 rings (SSSR count). The SMILES string of the molecule is Cc1ccsc1/C=C/C(=O)NCC1(C(=O)O)CC1. The normalized spacial score (nSPS) is 16.7. The van der Waals surface area contributed by atoms with E-state index in [1.807, 2.05) is 18.4 Å². The van der Waals surface area contributed by atoms with E-state index < -0.39 is 11.4 Å². The van der Waals surface area contributed by atoms with Gasteiger partial charge in [-0.25, -0.2) is 0 Å². The van der Waals surface area contributed by atoms with Gasteiger partial charge in [0.05, 0.1) is 5.41 Å². The van der Waals surface area contributed by atoms with Crippen LogP contribution < -0.4 is 5.32 Å². The smallest absolute Gasteiger partial charge is 0.311 e. The average molecular weight is 265 g/mol. The summed E-state index contributed by atoms with van der Waals surface area (Å²) in [5.41, 5.74) is 0.427. The summed E-state index contributed by atoms with van der Waals surface area (Å²) in [7, 11) is 0. The Labute approximate surface area is 109 Å². The number of nitrogens with one attached hydrogen (secondary N) is 1. The van der Waals surface area contributed by atoms with Gasteiger partial charge in [-0.05, 0) is 42.9 Å². The van der Waals surface area contributed by atoms with Crippen LogP contribution in [0.25, 0.3) is 6.08 Å². The Bertz CT molecular complexity index is 500. The summed E-state index contributed by atoms with van der Waals surface area (Å²) in [6.45, 7) is 2.20. The van der Waals surface area contributed by atoms with Crippen LogP contribution in [0.5, 0.6) is 0 Å². The highest BCUT2D eigenvalue weighted by Crippen LogP contribution is 2.45. The second-order valence-corrected chi connectivity index (χ2v) is 5.55. The first-order chi connectivity index (χ1) is 8.53. The highest BCUT2D eigenvalue weighted by atomic mass is 32.1. The number of rotatable bonds is 5. The molecule has 1 aliphatic rings. The number of carbonyl (C=O) groups excluding carboxylic acids is 1. The van der Waals surface area contributed by atoms with E-state index in [0.29, 0.717) is 12.8 Å². The number of amides is 1. The third kappa shape index (κ3) is 2.79. The lowest BCUT2D eigenvalue weighted by Gasteiger charge is -2.09. The van der Waals surface area contributed by atoms with Crippen molar-refractivity contribution in [2.75, 3.05) is 6.54 Å².